The highest BCUT2D eigenvalue weighted by Crippen LogP contribution is 2.51. The van der Waals surface area contributed by atoms with Gasteiger partial charge in [-0.2, -0.15) is 0 Å². The lowest BCUT2D eigenvalue weighted by atomic mass is 9.85. The van der Waals surface area contributed by atoms with Crippen LogP contribution in [0, 0.1) is 0 Å². The lowest BCUT2D eigenvalue weighted by molar-refractivity contribution is 0.670. The van der Waals surface area contributed by atoms with E-state index in [2.05, 4.69) is 133 Å². The molecule has 0 saturated heterocycles. The maximum atomic E-state index is 6.84. The molecule has 0 saturated carbocycles. The van der Waals surface area contributed by atoms with E-state index in [0.29, 0.717) is 0 Å². The zero-order valence-electron chi connectivity index (χ0n) is 21.5. The SMILES string of the molecule is c1ccc2c(-c3c4ccccc4c(-c4cccc5sc6ccccc6c45)c4c3oc3ccccc34)cccc2c1. The molecule has 186 valence electrons. The van der Waals surface area contributed by atoms with Crippen LogP contribution in [0.15, 0.2) is 138 Å². The third-order valence-electron chi connectivity index (χ3n) is 8.27. The van der Waals surface area contributed by atoms with Crippen molar-refractivity contribution in [3.63, 3.8) is 0 Å². The largest absolute Gasteiger partial charge is 0.455 e. The van der Waals surface area contributed by atoms with Crippen molar-refractivity contribution >= 4 is 75.0 Å². The van der Waals surface area contributed by atoms with Gasteiger partial charge in [0.2, 0.25) is 0 Å². The average molecular weight is 527 g/mol. The van der Waals surface area contributed by atoms with Crippen LogP contribution >= 0.6 is 11.3 Å². The van der Waals surface area contributed by atoms with Crippen LogP contribution in [-0.4, -0.2) is 0 Å². The minimum absolute atomic E-state index is 0.915. The molecule has 0 atom stereocenters. The summed E-state index contributed by atoms with van der Waals surface area (Å²) in [4.78, 5) is 0. The molecule has 2 aromatic heterocycles. The topological polar surface area (TPSA) is 13.1 Å². The Bertz CT molecular complexity index is 2430. The molecule has 0 spiro atoms. The van der Waals surface area contributed by atoms with Gasteiger partial charge in [0.15, 0.2) is 0 Å². The first kappa shape index (κ1) is 22.0. The van der Waals surface area contributed by atoms with Gasteiger partial charge in [-0.3, -0.25) is 0 Å². The number of fused-ring (bicyclic) bond motifs is 8. The van der Waals surface area contributed by atoms with Gasteiger partial charge in [-0.25, -0.2) is 0 Å². The molecule has 0 aliphatic carbocycles. The lowest BCUT2D eigenvalue weighted by Gasteiger charge is -2.16. The van der Waals surface area contributed by atoms with Gasteiger partial charge in [-0.05, 0) is 50.9 Å². The Labute approximate surface area is 234 Å². The molecule has 7 aromatic carbocycles. The fraction of sp³-hybridized carbons (Fsp3) is 0. The first-order valence-electron chi connectivity index (χ1n) is 13.6. The van der Waals surface area contributed by atoms with Gasteiger partial charge in [-0.15, -0.1) is 11.3 Å². The Hall–Kier alpha value is -4.92. The average Bonchev–Trinajstić information content (AvgIpc) is 3.58. The predicted molar refractivity (Wildman–Crippen MR) is 172 cm³/mol. The third kappa shape index (κ3) is 2.97. The van der Waals surface area contributed by atoms with Gasteiger partial charge in [0.05, 0.1) is 0 Å². The second-order valence-corrected chi connectivity index (χ2v) is 11.5. The minimum Gasteiger partial charge on any atom is -0.455 e. The lowest BCUT2D eigenvalue weighted by Crippen LogP contribution is -1.90. The number of thiophene rings is 1. The van der Waals surface area contributed by atoms with Crippen molar-refractivity contribution in [1.29, 1.82) is 0 Å². The van der Waals surface area contributed by atoms with Crippen LogP contribution in [-0.2, 0) is 0 Å². The molecule has 2 heteroatoms. The third-order valence-corrected chi connectivity index (χ3v) is 9.41. The first-order chi connectivity index (χ1) is 19.9. The molecule has 0 aliphatic heterocycles. The van der Waals surface area contributed by atoms with Crippen LogP contribution in [0.5, 0.6) is 0 Å². The van der Waals surface area contributed by atoms with Crippen molar-refractivity contribution < 1.29 is 4.42 Å². The molecular formula is C38H22OS. The van der Waals surface area contributed by atoms with E-state index >= 15 is 0 Å². The van der Waals surface area contributed by atoms with E-state index in [1.165, 1.54) is 63.8 Å². The molecule has 9 aromatic rings. The normalized spacial score (nSPS) is 12.0. The molecule has 0 bridgehead atoms. The van der Waals surface area contributed by atoms with Crippen LogP contribution in [0.25, 0.3) is 85.9 Å². The zero-order valence-corrected chi connectivity index (χ0v) is 22.3. The molecule has 0 aliphatic rings. The number of hydrogen-bond acceptors (Lipinski definition) is 2. The minimum atomic E-state index is 0.915. The van der Waals surface area contributed by atoms with Crippen molar-refractivity contribution in [1.82, 2.24) is 0 Å². The molecule has 9 rings (SSSR count). The molecular weight excluding hydrogens is 504 g/mol. The van der Waals surface area contributed by atoms with E-state index in [1.54, 1.807) is 0 Å². The summed E-state index contributed by atoms with van der Waals surface area (Å²) in [5.41, 5.74) is 6.72. The maximum Gasteiger partial charge on any atom is 0.144 e. The van der Waals surface area contributed by atoms with Gasteiger partial charge in [0.25, 0.3) is 0 Å². The highest BCUT2D eigenvalue weighted by atomic mass is 32.1. The van der Waals surface area contributed by atoms with E-state index in [1.807, 2.05) is 11.3 Å². The van der Waals surface area contributed by atoms with Crippen LogP contribution in [0.4, 0.5) is 0 Å². The number of hydrogen-bond donors (Lipinski definition) is 0. The van der Waals surface area contributed by atoms with Gasteiger partial charge >= 0.3 is 0 Å². The summed E-state index contributed by atoms with van der Waals surface area (Å²) < 4.78 is 9.46. The van der Waals surface area contributed by atoms with Gasteiger partial charge in [0, 0.05) is 42.1 Å². The van der Waals surface area contributed by atoms with E-state index in [9.17, 15) is 0 Å². The van der Waals surface area contributed by atoms with Crippen molar-refractivity contribution in [3.05, 3.63) is 133 Å². The van der Waals surface area contributed by atoms with Crippen LogP contribution in [0.1, 0.15) is 0 Å². The Morgan fingerprint density at radius 2 is 1.00 bits per heavy atom. The van der Waals surface area contributed by atoms with Crippen molar-refractivity contribution in [2.75, 3.05) is 0 Å². The predicted octanol–water partition coefficient (Wildman–Crippen LogP) is 11.6. The first-order valence-corrected chi connectivity index (χ1v) is 14.4. The summed E-state index contributed by atoms with van der Waals surface area (Å²) in [6, 6.07) is 48.1. The van der Waals surface area contributed by atoms with E-state index in [4.69, 9.17) is 4.42 Å². The fourth-order valence-electron chi connectivity index (χ4n) is 6.62. The van der Waals surface area contributed by atoms with Crippen molar-refractivity contribution in [2.45, 2.75) is 0 Å². The summed E-state index contributed by atoms with van der Waals surface area (Å²) in [6.07, 6.45) is 0. The maximum absolute atomic E-state index is 6.84. The molecule has 0 fully saturated rings. The van der Waals surface area contributed by atoms with Crippen LogP contribution in [0.3, 0.4) is 0 Å². The second-order valence-electron chi connectivity index (χ2n) is 10.4. The number of benzene rings is 7. The molecule has 0 amide bonds. The Balaban J connectivity index is 1.55. The quantitative estimate of drug-likeness (QED) is 0.218. The summed E-state index contributed by atoms with van der Waals surface area (Å²) in [6.45, 7) is 0. The second kappa shape index (κ2) is 8.29. The zero-order chi connectivity index (χ0) is 26.2. The van der Waals surface area contributed by atoms with Gasteiger partial charge in [-0.1, -0.05) is 115 Å². The van der Waals surface area contributed by atoms with E-state index in [0.717, 1.165) is 22.1 Å². The fourth-order valence-corrected chi connectivity index (χ4v) is 7.75. The Morgan fingerprint density at radius 3 is 1.88 bits per heavy atom. The van der Waals surface area contributed by atoms with Crippen molar-refractivity contribution in [2.24, 2.45) is 0 Å². The van der Waals surface area contributed by atoms with E-state index < -0.39 is 0 Å². The summed E-state index contributed by atoms with van der Waals surface area (Å²) >= 11 is 1.86. The number of rotatable bonds is 2. The highest BCUT2D eigenvalue weighted by molar-refractivity contribution is 7.25. The molecule has 0 radical (unpaired) electrons. The molecule has 2 heterocycles. The van der Waals surface area contributed by atoms with Crippen LogP contribution in [0.2, 0.25) is 0 Å². The summed E-state index contributed by atoms with van der Waals surface area (Å²) in [5, 5.41) is 9.86. The van der Waals surface area contributed by atoms with E-state index in [-0.39, 0.29) is 0 Å². The van der Waals surface area contributed by atoms with Crippen molar-refractivity contribution in [3.8, 4) is 22.3 Å². The molecule has 0 unspecified atom stereocenters. The molecule has 1 nitrogen and oxygen atoms in total. The number of furan rings is 1. The number of para-hydroxylation sites is 1. The Morgan fingerprint density at radius 1 is 0.400 bits per heavy atom. The standard InChI is InChI=1S/C38H22OS/c1-2-13-24-23(11-1)12-9-18-25(24)36-27-15-4-3-14-26(27)35(37-28-16-5-7-20-31(28)39-38(36)37)30-19-10-22-33-34(30)29-17-6-8-21-32(29)40-33/h1-22H. The van der Waals surface area contributed by atoms with Crippen LogP contribution < -0.4 is 0 Å². The molecule has 0 N–H and O–H groups in total. The summed E-state index contributed by atoms with van der Waals surface area (Å²) in [7, 11) is 0. The summed E-state index contributed by atoms with van der Waals surface area (Å²) in [5.74, 6) is 0. The molecule has 40 heavy (non-hydrogen) atoms. The van der Waals surface area contributed by atoms with Gasteiger partial charge in [0.1, 0.15) is 11.2 Å². The smallest absolute Gasteiger partial charge is 0.144 e. The highest BCUT2D eigenvalue weighted by Gasteiger charge is 2.24. The monoisotopic (exact) mass is 526 g/mol. The van der Waals surface area contributed by atoms with Gasteiger partial charge < -0.3 is 4.42 Å². The Kier molecular flexibility index (Phi) is 4.55.